The number of halogens is 2. The molecule has 0 heterocycles. The van der Waals surface area contributed by atoms with Crippen molar-refractivity contribution >= 4 is 34.4 Å². The molecule has 1 aliphatic rings. The number of aliphatic hydroxyl groups excluding tert-OH is 2. The van der Waals surface area contributed by atoms with Crippen LogP contribution in [-0.4, -0.2) is 58.3 Å². The van der Waals surface area contributed by atoms with Gasteiger partial charge in [0.05, 0.1) is 22.6 Å². The van der Waals surface area contributed by atoms with E-state index in [0.29, 0.717) is 16.9 Å². The lowest BCUT2D eigenvalue weighted by Gasteiger charge is -2.40. The van der Waals surface area contributed by atoms with Gasteiger partial charge in [0.25, 0.3) is 0 Å². The molecule has 0 radical (unpaired) electrons. The Balaban J connectivity index is 1.71. The standard InChI is InChI=1S/C30H30FIN2O5/c31-23-11-5-4-10-21(23)19-34(28(36)16-20-8-2-1-3-9-20)25-17-22(30(38)33-14-15-35)18-27(29(25)37)39-26-13-7-6-12-24(26)32/h1-13,18,25,27,29,35,37H,14-17,19H2,(H,33,38). The van der Waals surface area contributed by atoms with Gasteiger partial charge in [-0.1, -0.05) is 60.7 Å². The molecule has 2 amide bonds. The molecule has 4 rings (SSSR count). The summed E-state index contributed by atoms with van der Waals surface area (Å²) < 4.78 is 21.7. The average Bonchev–Trinajstić information content (AvgIpc) is 2.94. The van der Waals surface area contributed by atoms with Crippen LogP contribution in [0.5, 0.6) is 5.75 Å². The summed E-state index contributed by atoms with van der Waals surface area (Å²) in [5, 5.41) is 23.4. The molecule has 9 heteroatoms. The average molecular weight is 644 g/mol. The highest BCUT2D eigenvalue weighted by Gasteiger charge is 2.40. The quantitative estimate of drug-likeness (QED) is 0.293. The van der Waals surface area contributed by atoms with Gasteiger partial charge in [-0.05, 0) is 52.4 Å². The Morgan fingerprint density at radius 1 is 1.03 bits per heavy atom. The number of amides is 2. The van der Waals surface area contributed by atoms with Crippen molar-refractivity contribution in [2.45, 2.75) is 37.6 Å². The van der Waals surface area contributed by atoms with E-state index in [1.54, 1.807) is 36.4 Å². The van der Waals surface area contributed by atoms with Gasteiger partial charge >= 0.3 is 0 Å². The predicted octanol–water partition coefficient (Wildman–Crippen LogP) is 3.62. The molecule has 0 aliphatic heterocycles. The van der Waals surface area contributed by atoms with E-state index in [1.165, 1.54) is 11.0 Å². The van der Waals surface area contributed by atoms with E-state index in [4.69, 9.17) is 4.74 Å². The van der Waals surface area contributed by atoms with Crippen molar-refractivity contribution in [3.8, 4) is 5.75 Å². The number of aliphatic hydroxyl groups is 2. The molecule has 0 spiro atoms. The smallest absolute Gasteiger partial charge is 0.247 e. The molecule has 39 heavy (non-hydrogen) atoms. The molecule has 3 aromatic rings. The van der Waals surface area contributed by atoms with Gasteiger partial charge in [-0.2, -0.15) is 0 Å². The third kappa shape index (κ3) is 7.43. The van der Waals surface area contributed by atoms with Crippen molar-refractivity contribution in [3.05, 3.63) is 111 Å². The molecule has 0 saturated carbocycles. The molecule has 7 nitrogen and oxygen atoms in total. The highest BCUT2D eigenvalue weighted by molar-refractivity contribution is 14.1. The summed E-state index contributed by atoms with van der Waals surface area (Å²) in [4.78, 5) is 28.2. The lowest BCUT2D eigenvalue weighted by atomic mass is 9.87. The number of para-hydroxylation sites is 1. The number of hydrogen-bond acceptors (Lipinski definition) is 5. The fourth-order valence-electron chi connectivity index (χ4n) is 4.54. The molecule has 3 atom stereocenters. The summed E-state index contributed by atoms with van der Waals surface area (Å²) in [5.41, 5.74) is 1.37. The van der Waals surface area contributed by atoms with Crippen LogP contribution in [-0.2, 0) is 22.6 Å². The minimum atomic E-state index is -1.21. The first-order valence-electron chi connectivity index (χ1n) is 12.6. The minimum absolute atomic E-state index is 0.0269. The van der Waals surface area contributed by atoms with Crippen molar-refractivity contribution in [1.29, 1.82) is 0 Å². The van der Waals surface area contributed by atoms with Crippen LogP contribution in [0.3, 0.4) is 0 Å². The number of nitrogens with zero attached hydrogens (tertiary/aromatic N) is 1. The van der Waals surface area contributed by atoms with Crippen molar-refractivity contribution < 1.29 is 28.9 Å². The number of carbonyl (C=O) groups excluding carboxylic acids is 2. The van der Waals surface area contributed by atoms with E-state index in [-0.39, 0.29) is 38.4 Å². The fraction of sp³-hybridized carbons (Fsp3) is 0.267. The number of benzene rings is 3. The van der Waals surface area contributed by atoms with Crippen molar-refractivity contribution in [2.75, 3.05) is 13.2 Å². The van der Waals surface area contributed by atoms with Gasteiger partial charge in [0.1, 0.15) is 23.8 Å². The zero-order chi connectivity index (χ0) is 27.8. The van der Waals surface area contributed by atoms with Crippen molar-refractivity contribution in [2.24, 2.45) is 0 Å². The second-order valence-corrected chi connectivity index (χ2v) is 10.4. The molecule has 1 aliphatic carbocycles. The van der Waals surface area contributed by atoms with Crippen molar-refractivity contribution in [1.82, 2.24) is 10.2 Å². The molecule has 0 aromatic heterocycles. The maximum atomic E-state index is 14.7. The molecule has 0 fully saturated rings. The monoisotopic (exact) mass is 644 g/mol. The first-order valence-corrected chi connectivity index (χ1v) is 13.7. The first kappa shape index (κ1) is 28.7. The molecule has 204 valence electrons. The molecule has 0 saturated heterocycles. The van der Waals surface area contributed by atoms with E-state index in [2.05, 4.69) is 27.9 Å². The van der Waals surface area contributed by atoms with Crippen LogP contribution in [0, 0.1) is 9.39 Å². The molecular formula is C30H30FIN2O5. The topological polar surface area (TPSA) is 99.1 Å². The predicted molar refractivity (Wildman–Crippen MR) is 153 cm³/mol. The SMILES string of the molecule is O=C(NCCO)C1=CC(Oc2ccccc2I)C(O)C(N(Cc2ccccc2F)C(=O)Cc2ccccc2)C1. The Kier molecular flexibility index (Phi) is 10.1. The molecular weight excluding hydrogens is 614 g/mol. The highest BCUT2D eigenvalue weighted by Crippen LogP contribution is 2.31. The number of nitrogens with one attached hydrogen (secondary N) is 1. The highest BCUT2D eigenvalue weighted by atomic mass is 127. The Labute approximate surface area is 240 Å². The van der Waals surface area contributed by atoms with Crippen LogP contribution in [0.1, 0.15) is 17.5 Å². The van der Waals surface area contributed by atoms with Crippen LogP contribution in [0.4, 0.5) is 4.39 Å². The number of hydrogen-bond donors (Lipinski definition) is 3. The fourth-order valence-corrected chi connectivity index (χ4v) is 5.05. The Bertz CT molecular complexity index is 1320. The number of rotatable bonds is 10. The Morgan fingerprint density at radius 3 is 2.44 bits per heavy atom. The summed E-state index contributed by atoms with van der Waals surface area (Å²) in [7, 11) is 0. The largest absolute Gasteiger partial charge is 0.482 e. The van der Waals surface area contributed by atoms with Gasteiger partial charge in [0.15, 0.2) is 0 Å². The molecule has 3 unspecified atom stereocenters. The van der Waals surface area contributed by atoms with Gasteiger partial charge in [0.2, 0.25) is 11.8 Å². The molecule has 3 N–H and O–H groups in total. The van der Waals surface area contributed by atoms with Crippen LogP contribution in [0.25, 0.3) is 0 Å². The van der Waals surface area contributed by atoms with Gasteiger partial charge in [-0.25, -0.2) is 4.39 Å². The lowest BCUT2D eigenvalue weighted by molar-refractivity contribution is -0.138. The van der Waals surface area contributed by atoms with Crippen LogP contribution in [0.2, 0.25) is 0 Å². The second kappa shape index (κ2) is 13.7. The zero-order valence-electron chi connectivity index (χ0n) is 21.2. The normalized spacial score (nSPS) is 18.7. The summed E-state index contributed by atoms with van der Waals surface area (Å²) >= 11 is 2.12. The minimum Gasteiger partial charge on any atom is -0.482 e. The van der Waals surface area contributed by atoms with Gasteiger partial charge in [-0.3, -0.25) is 9.59 Å². The zero-order valence-corrected chi connectivity index (χ0v) is 23.3. The van der Waals surface area contributed by atoms with E-state index >= 15 is 0 Å². The molecule has 0 bridgehead atoms. The van der Waals surface area contributed by atoms with Crippen LogP contribution < -0.4 is 10.1 Å². The van der Waals surface area contributed by atoms with Gasteiger partial charge in [0, 0.05) is 30.6 Å². The second-order valence-electron chi connectivity index (χ2n) is 9.22. The van der Waals surface area contributed by atoms with Gasteiger partial charge in [-0.15, -0.1) is 0 Å². The van der Waals surface area contributed by atoms with E-state index in [9.17, 15) is 24.2 Å². The maximum Gasteiger partial charge on any atom is 0.247 e. The Morgan fingerprint density at radius 2 is 1.72 bits per heavy atom. The lowest BCUT2D eigenvalue weighted by Crippen LogP contribution is -2.55. The van der Waals surface area contributed by atoms with Crippen LogP contribution >= 0.6 is 22.6 Å². The van der Waals surface area contributed by atoms with E-state index in [0.717, 1.165) is 9.13 Å². The summed E-state index contributed by atoms with van der Waals surface area (Å²) in [6, 6.07) is 21.7. The third-order valence-corrected chi connectivity index (χ3v) is 7.42. The third-order valence-electron chi connectivity index (χ3n) is 6.53. The molecule has 3 aromatic carbocycles. The van der Waals surface area contributed by atoms with E-state index in [1.807, 2.05) is 42.5 Å². The van der Waals surface area contributed by atoms with E-state index < -0.39 is 30.0 Å². The summed E-state index contributed by atoms with van der Waals surface area (Å²) in [6.07, 6.45) is -0.542. The number of ether oxygens (including phenoxy) is 1. The Hall–Kier alpha value is -3.28. The summed E-state index contributed by atoms with van der Waals surface area (Å²) in [5.74, 6) is -0.703. The van der Waals surface area contributed by atoms with Crippen molar-refractivity contribution in [3.63, 3.8) is 0 Å². The maximum absolute atomic E-state index is 14.7. The van der Waals surface area contributed by atoms with Crippen LogP contribution in [0.15, 0.2) is 90.5 Å². The first-order chi connectivity index (χ1) is 18.9. The summed E-state index contributed by atoms with van der Waals surface area (Å²) in [6.45, 7) is -0.277. The number of carbonyl (C=O) groups is 2. The van der Waals surface area contributed by atoms with Gasteiger partial charge < -0.3 is 25.2 Å².